The molecule has 0 bridgehead atoms. The number of pyridine rings is 1. The van der Waals surface area contributed by atoms with Gasteiger partial charge in [0, 0.05) is 30.9 Å². The zero-order valence-electron chi connectivity index (χ0n) is 20.0. The standard InChI is InChI=1S/C27H31N3O4/c1-18(2)30(16-20-8-6-5-7-9-20)17-21-12-23(14-24(13-21)34-19(3)4)26(31)29-25-11-10-22(15-28-25)27(32)33/h5-15,18-19H,16-17H2,1-4H3,(H,32,33)(H,28,29,31). The first-order valence-corrected chi connectivity index (χ1v) is 11.3. The first-order valence-electron chi connectivity index (χ1n) is 11.3. The van der Waals surface area contributed by atoms with E-state index in [4.69, 9.17) is 9.84 Å². The van der Waals surface area contributed by atoms with Gasteiger partial charge in [0.25, 0.3) is 5.91 Å². The quantitative estimate of drug-likeness (QED) is 0.430. The number of carbonyl (C=O) groups excluding carboxylic acids is 1. The maximum absolute atomic E-state index is 13.0. The molecule has 7 nitrogen and oxygen atoms in total. The van der Waals surface area contributed by atoms with Crippen molar-refractivity contribution >= 4 is 17.7 Å². The van der Waals surface area contributed by atoms with Crippen LogP contribution in [0.1, 0.15) is 59.5 Å². The number of hydrogen-bond donors (Lipinski definition) is 2. The lowest BCUT2D eigenvalue weighted by molar-refractivity contribution is 0.0696. The number of carbonyl (C=O) groups is 2. The zero-order chi connectivity index (χ0) is 24.7. The lowest BCUT2D eigenvalue weighted by Crippen LogP contribution is -2.30. The van der Waals surface area contributed by atoms with Gasteiger partial charge in [-0.1, -0.05) is 30.3 Å². The number of aromatic carboxylic acids is 1. The number of nitrogens with one attached hydrogen (secondary N) is 1. The zero-order valence-corrected chi connectivity index (χ0v) is 20.0. The Morgan fingerprint density at radius 2 is 1.65 bits per heavy atom. The minimum Gasteiger partial charge on any atom is -0.491 e. The first-order chi connectivity index (χ1) is 16.2. The Bertz CT molecular complexity index is 1110. The third-order valence-electron chi connectivity index (χ3n) is 5.20. The van der Waals surface area contributed by atoms with Gasteiger partial charge >= 0.3 is 5.97 Å². The molecule has 1 heterocycles. The molecule has 0 radical (unpaired) electrons. The van der Waals surface area contributed by atoms with Crippen molar-refractivity contribution in [1.82, 2.24) is 9.88 Å². The minimum atomic E-state index is -1.07. The third-order valence-corrected chi connectivity index (χ3v) is 5.20. The van der Waals surface area contributed by atoms with Crippen molar-refractivity contribution in [1.29, 1.82) is 0 Å². The molecule has 0 atom stereocenters. The summed E-state index contributed by atoms with van der Waals surface area (Å²) >= 11 is 0. The van der Waals surface area contributed by atoms with E-state index in [1.807, 2.05) is 44.2 Å². The predicted octanol–water partition coefficient (Wildman–Crippen LogP) is 5.23. The van der Waals surface area contributed by atoms with Crippen LogP contribution in [0.25, 0.3) is 0 Å². The molecule has 3 rings (SSSR count). The van der Waals surface area contributed by atoms with Crippen LogP contribution in [0.4, 0.5) is 5.82 Å². The Kier molecular flexibility index (Phi) is 8.38. The highest BCUT2D eigenvalue weighted by molar-refractivity contribution is 6.04. The number of aromatic nitrogens is 1. The average Bonchev–Trinajstić information content (AvgIpc) is 2.79. The topological polar surface area (TPSA) is 91.8 Å². The molecule has 1 aromatic heterocycles. The first kappa shape index (κ1) is 24.9. The highest BCUT2D eigenvalue weighted by Gasteiger charge is 2.16. The van der Waals surface area contributed by atoms with Crippen molar-refractivity contribution in [3.8, 4) is 5.75 Å². The molecular formula is C27H31N3O4. The SMILES string of the molecule is CC(C)Oc1cc(CN(Cc2ccccc2)C(C)C)cc(C(=O)Nc2ccc(C(=O)O)cn2)c1. The van der Waals surface area contributed by atoms with Crippen molar-refractivity contribution in [2.45, 2.75) is 52.9 Å². The summed E-state index contributed by atoms with van der Waals surface area (Å²) in [5.41, 5.74) is 2.68. The van der Waals surface area contributed by atoms with Gasteiger partial charge < -0.3 is 15.2 Å². The van der Waals surface area contributed by atoms with E-state index in [1.165, 1.54) is 23.9 Å². The van der Waals surface area contributed by atoms with Crippen LogP contribution < -0.4 is 10.1 Å². The van der Waals surface area contributed by atoms with Gasteiger partial charge in [-0.15, -0.1) is 0 Å². The summed E-state index contributed by atoms with van der Waals surface area (Å²) in [7, 11) is 0. The van der Waals surface area contributed by atoms with Gasteiger partial charge in [-0.3, -0.25) is 9.69 Å². The van der Waals surface area contributed by atoms with E-state index in [0.717, 1.165) is 12.1 Å². The molecule has 0 fully saturated rings. The molecule has 0 aliphatic heterocycles. The second-order valence-electron chi connectivity index (χ2n) is 8.71. The van der Waals surface area contributed by atoms with Crippen molar-refractivity contribution in [3.63, 3.8) is 0 Å². The number of ether oxygens (including phenoxy) is 1. The van der Waals surface area contributed by atoms with E-state index in [1.54, 1.807) is 6.07 Å². The molecular weight excluding hydrogens is 430 g/mol. The molecule has 0 aliphatic carbocycles. The highest BCUT2D eigenvalue weighted by atomic mass is 16.5. The normalized spacial score (nSPS) is 11.1. The monoisotopic (exact) mass is 461 g/mol. The molecule has 0 spiro atoms. The van der Waals surface area contributed by atoms with E-state index in [9.17, 15) is 9.59 Å². The van der Waals surface area contributed by atoms with E-state index in [0.29, 0.717) is 23.9 Å². The van der Waals surface area contributed by atoms with E-state index in [-0.39, 0.29) is 23.4 Å². The second kappa shape index (κ2) is 11.4. The smallest absolute Gasteiger partial charge is 0.337 e. The molecule has 0 saturated heterocycles. The average molecular weight is 462 g/mol. The van der Waals surface area contributed by atoms with E-state index < -0.39 is 5.97 Å². The Morgan fingerprint density at radius 1 is 0.941 bits per heavy atom. The van der Waals surface area contributed by atoms with Gasteiger partial charge in [0.2, 0.25) is 0 Å². The molecule has 0 unspecified atom stereocenters. The fraction of sp³-hybridized carbons (Fsp3) is 0.296. The van der Waals surface area contributed by atoms with Crippen LogP contribution in [0.3, 0.4) is 0 Å². The number of carboxylic acid groups (broad SMARTS) is 1. The van der Waals surface area contributed by atoms with Crippen molar-refractivity contribution in [2.75, 3.05) is 5.32 Å². The number of nitrogens with zero attached hydrogens (tertiary/aromatic N) is 2. The van der Waals surface area contributed by atoms with Gasteiger partial charge in [-0.25, -0.2) is 9.78 Å². The fourth-order valence-corrected chi connectivity index (χ4v) is 3.48. The maximum Gasteiger partial charge on any atom is 0.337 e. The Morgan fingerprint density at radius 3 is 2.24 bits per heavy atom. The van der Waals surface area contributed by atoms with E-state index in [2.05, 4.69) is 41.2 Å². The Balaban J connectivity index is 1.84. The summed E-state index contributed by atoms with van der Waals surface area (Å²) in [5.74, 6) is -0.515. The fourth-order valence-electron chi connectivity index (χ4n) is 3.48. The third kappa shape index (κ3) is 7.15. The molecule has 2 aromatic carbocycles. The minimum absolute atomic E-state index is 0.0399. The molecule has 3 aromatic rings. The van der Waals surface area contributed by atoms with Crippen LogP contribution in [-0.4, -0.2) is 39.0 Å². The molecule has 1 amide bonds. The molecule has 178 valence electrons. The van der Waals surface area contributed by atoms with Crippen LogP contribution in [0.15, 0.2) is 66.9 Å². The summed E-state index contributed by atoms with van der Waals surface area (Å²) in [5, 5.41) is 11.8. The molecule has 7 heteroatoms. The summed E-state index contributed by atoms with van der Waals surface area (Å²) < 4.78 is 5.92. The number of amides is 1. The molecule has 34 heavy (non-hydrogen) atoms. The van der Waals surface area contributed by atoms with Crippen LogP contribution in [0.5, 0.6) is 5.75 Å². The number of rotatable bonds is 10. The number of hydrogen-bond acceptors (Lipinski definition) is 5. The summed E-state index contributed by atoms with van der Waals surface area (Å²) in [6.07, 6.45) is 1.17. The van der Waals surface area contributed by atoms with Crippen molar-refractivity contribution < 1.29 is 19.4 Å². The van der Waals surface area contributed by atoms with Crippen molar-refractivity contribution in [3.05, 3.63) is 89.1 Å². The van der Waals surface area contributed by atoms with Crippen LogP contribution in [0, 0.1) is 0 Å². The van der Waals surface area contributed by atoms with Gasteiger partial charge in [0.05, 0.1) is 11.7 Å². The summed E-state index contributed by atoms with van der Waals surface area (Å²) in [6.45, 7) is 9.62. The maximum atomic E-state index is 13.0. The van der Waals surface area contributed by atoms with Crippen molar-refractivity contribution in [2.24, 2.45) is 0 Å². The van der Waals surface area contributed by atoms with Gasteiger partial charge in [0.1, 0.15) is 11.6 Å². The molecule has 0 aliphatic rings. The lowest BCUT2D eigenvalue weighted by atomic mass is 10.1. The number of carboxylic acids is 1. The number of anilines is 1. The second-order valence-corrected chi connectivity index (χ2v) is 8.71. The summed E-state index contributed by atoms with van der Waals surface area (Å²) in [4.78, 5) is 30.4. The van der Waals surface area contributed by atoms with Crippen LogP contribution in [-0.2, 0) is 13.1 Å². The van der Waals surface area contributed by atoms with Crippen LogP contribution in [0.2, 0.25) is 0 Å². The van der Waals surface area contributed by atoms with Gasteiger partial charge in [-0.2, -0.15) is 0 Å². The summed E-state index contributed by atoms with van der Waals surface area (Å²) in [6, 6.07) is 19.0. The Labute approximate surface area is 200 Å². The highest BCUT2D eigenvalue weighted by Crippen LogP contribution is 2.22. The predicted molar refractivity (Wildman–Crippen MR) is 132 cm³/mol. The van der Waals surface area contributed by atoms with Crippen LogP contribution >= 0.6 is 0 Å². The van der Waals surface area contributed by atoms with Gasteiger partial charge in [-0.05, 0) is 69.2 Å². The van der Waals surface area contributed by atoms with Gasteiger partial charge in [0.15, 0.2) is 0 Å². The molecule has 0 saturated carbocycles. The van der Waals surface area contributed by atoms with E-state index >= 15 is 0 Å². The lowest BCUT2D eigenvalue weighted by Gasteiger charge is -2.27. The largest absolute Gasteiger partial charge is 0.491 e. The molecule has 2 N–H and O–H groups in total. The number of benzene rings is 2. The Hall–Kier alpha value is -3.71.